The van der Waals surface area contributed by atoms with Crippen LogP contribution < -0.4 is 10.5 Å². The second-order valence-corrected chi connectivity index (χ2v) is 4.17. The van der Waals surface area contributed by atoms with Gasteiger partial charge in [0.05, 0.1) is 19.6 Å². The van der Waals surface area contributed by atoms with E-state index in [4.69, 9.17) is 14.9 Å². The highest BCUT2D eigenvalue weighted by Gasteiger charge is 2.10. The Morgan fingerprint density at radius 3 is 2.82 bits per heavy atom. The second kappa shape index (κ2) is 5.06. The van der Waals surface area contributed by atoms with Crippen LogP contribution in [0.1, 0.15) is 22.7 Å². The molecule has 0 saturated heterocycles. The predicted molar refractivity (Wildman–Crippen MR) is 67.1 cm³/mol. The molecule has 1 heterocycles. The van der Waals surface area contributed by atoms with E-state index in [1.54, 1.807) is 19.6 Å². The molecule has 0 aliphatic heterocycles. The summed E-state index contributed by atoms with van der Waals surface area (Å²) in [6.07, 6.45) is 4.16. The Balaban J connectivity index is 2.16. The highest BCUT2D eigenvalue weighted by molar-refractivity contribution is 5.38. The fraction of sp³-hybridized carbons (Fsp3) is 0.286. The topological polar surface area (TPSA) is 48.4 Å². The average molecular weight is 231 g/mol. The number of aryl methyl sites for hydroxylation is 1. The number of hydrogen-bond donors (Lipinski definition) is 1. The Hall–Kier alpha value is -1.74. The molecule has 0 amide bonds. The summed E-state index contributed by atoms with van der Waals surface area (Å²) in [4.78, 5) is 0. The molecule has 0 aliphatic carbocycles. The van der Waals surface area contributed by atoms with E-state index in [2.05, 4.69) is 0 Å². The zero-order valence-electron chi connectivity index (χ0n) is 10.1. The third kappa shape index (κ3) is 2.68. The monoisotopic (exact) mass is 231 g/mol. The Morgan fingerprint density at radius 1 is 1.35 bits per heavy atom. The molecule has 0 spiro atoms. The van der Waals surface area contributed by atoms with E-state index < -0.39 is 0 Å². The number of nitrogens with two attached hydrogens (primary N) is 1. The molecule has 1 unspecified atom stereocenters. The van der Waals surface area contributed by atoms with E-state index in [0.717, 1.165) is 28.9 Å². The van der Waals surface area contributed by atoms with Crippen LogP contribution in [0.4, 0.5) is 0 Å². The number of hydrogen-bond acceptors (Lipinski definition) is 3. The summed E-state index contributed by atoms with van der Waals surface area (Å²) < 4.78 is 10.3. The number of furan rings is 1. The van der Waals surface area contributed by atoms with Gasteiger partial charge in [-0.25, -0.2) is 0 Å². The first-order chi connectivity index (χ1) is 8.20. The van der Waals surface area contributed by atoms with Crippen molar-refractivity contribution >= 4 is 0 Å². The largest absolute Gasteiger partial charge is 0.496 e. The van der Waals surface area contributed by atoms with Crippen molar-refractivity contribution in [3.8, 4) is 5.75 Å². The fourth-order valence-corrected chi connectivity index (χ4v) is 1.85. The first-order valence-corrected chi connectivity index (χ1v) is 5.62. The van der Waals surface area contributed by atoms with Crippen molar-refractivity contribution in [1.29, 1.82) is 0 Å². The molecule has 0 radical (unpaired) electrons. The van der Waals surface area contributed by atoms with Crippen molar-refractivity contribution in [1.82, 2.24) is 0 Å². The summed E-state index contributed by atoms with van der Waals surface area (Å²) in [5, 5.41) is 0. The Labute approximate surface area is 101 Å². The molecule has 0 fully saturated rings. The summed E-state index contributed by atoms with van der Waals surface area (Å²) in [6, 6.07) is 7.97. The zero-order chi connectivity index (χ0) is 12.3. The van der Waals surface area contributed by atoms with Gasteiger partial charge >= 0.3 is 0 Å². The predicted octanol–water partition coefficient (Wildman–Crippen LogP) is 2.84. The SMILES string of the molecule is COc1cc(C(N)Cc2ccoc2)ccc1C. The minimum atomic E-state index is -0.0397. The van der Waals surface area contributed by atoms with Crippen LogP contribution >= 0.6 is 0 Å². The standard InChI is InChI=1S/C14H17NO2/c1-10-3-4-12(8-14(10)16-2)13(15)7-11-5-6-17-9-11/h3-6,8-9,13H,7,15H2,1-2H3. The Bertz CT molecular complexity index is 477. The van der Waals surface area contributed by atoms with Crippen LogP contribution in [0.25, 0.3) is 0 Å². The minimum absolute atomic E-state index is 0.0397. The van der Waals surface area contributed by atoms with Crippen molar-refractivity contribution in [3.63, 3.8) is 0 Å². The maximum Gasteiger partial charge on any atom is 0.122 e. The number of methoxy groups -OCH3 is 1. The molecular weight excluding hydrogens is 214 g/mol. The van der Waals surface area contributed by atoms with E-state index in [9.17, 15) is 0 Å². The van der Waals surface area contributed by atoms with Gasteiger partial charge < -0.3 is 14.9 Å². The summed E-state index contributed by atoms with van der Waals surface area (Å²) in [7, 11) is 1.67. The van der Waals surface area contributed by atoms with Crippen LogP contribution in [0, 0.1) is 6.92 Å². The summed E-state index contributed by atoms with van der Waals surface area (Å²) in [5.74, 6) is 0.880. The van der Waals surface area contributed by atoms with Crippen LogP contribution in [-0.4, -0.2) is 7.11 Å². The number of benzene rings is 1. The molecule has 3 nitrogen and oxygen atoms in total. The maximum absolute atomic E-state index is 6.16. The van der Waals surface area contributed by atoms with E-state index in [1.165, 1.54) is 0 Å². The molecule has 3 heteroatoms. The fourth-order valence-electron chi connectivity index (χ4n) is 1.85. The summed E-state index contributed by atoms with van der Waals surface area (Å²) in [5.41, 5.74) is 9.47. The van der Waals surface area contributed by atoms with Gasteiger partial charge in [-0.3, -0.25) is 0 Å². The van der Waals surface area contributed by atoms with E-state index in [-0.39, 0.29) is 6.04 Å². The first-order valence-electron chi connectivity index (χ1n) is 5.62. The van der Waals surface area contributed by atoms with Crippen LogP contribution in [0.5, 0.6) is 5.75 Å². The van der Waals surface area contributed by atoms with Gasteiger partial charge in [0.2, 0.25) is 0 Å². The third-order valence-corrected chi connectivity index (χ3v) is 2.90. The molecule has 2 aromatic rings. The Kier molecular flexibility index (Phi) is 3.49. The van der Waals surface area contributed by atoms with Crippen molar-refractivity contribution in [2.45, 2.75) is 19.4 Å². The molecule has 0 bridgehead atoms. The van der Waals surface area contributed by atoms with Gasteiger partial charge in [-0.1, -0.05) is 12.1 Å². The molecule has 17 heavy (non-hydrogen) atoms. The summed E-state index contributed by atoms with van der Waals surface area (Å²) >= 11 is 0. The summed E-state index contributed by atoms with van der Waals surface area (Å²) in [6.45, 7) is 2.02. The highest BCUT2D eigenvalue weighted by atomic mass is 16.5. The van der Waals surface area contributed by atoms with Crippen molar-refractivity contribution < 1.29 is 9.15 Å². The van der Waals surface area contributed by atoms with Crippen molar-refractivity contribution in [2.75, 3.05) is 7.11 Å². The molecule has 0 saturated carbocycles. The van der Waals surface area contributed by atoms with Crippen LogP contribution in [0.15, 0.2) is 41.2 Å². The molecule has 90 valence electrons. The van der Waals surface area contributed by atoms with Crippen molar-refractivity contribution in [2.24, 2.45) is 5.73 Å². The van der Waals surface area contributed by atoms with Gasteiger partial charge in [-0.2, -0.15) is 0 Å². The molecule has 1 aromatic carbocycles. The molecule has 1 aromatic heterocycles. The van der Waals surface area contributed by atoms with Crippen molar-refractivity contribution in [3.05, 3.63) is 53.5 Å². The van der Waals surface area contributed by atoms with Gasteiger partial charge in [0.25, 0.3) is 0 Å². The third-order valence-electron chi connectivity index (χ3n) is 2.90. The van der Waals surface area contributed by atoms with Crippen LogP contribution in [-0.2, 0) is 6.42 Å². The molecule has 2 N–H and O–H groups in total. The Morgan fingerprint density at radius 2 is 2.18 bits per heavy atom. The zero-order valence-corrected chi connectivity index (χ0v) is 10.1. The normalized spacial score (nSPS) is 12.4. The average Bonchev–Trinajstić information content (AvgIpc) is 2.82. The van der Waals surface area contributed by atoms with Gasteiger partial charge in [-0.15, -0.1) is 0 Å². The number of rotatable bonds is 4. The first kappa shape index (κ1) is 11.7. The quantitative estimate of drug-likeness (QED) is 0.880. The van der Waals surface area contributed by atoms with Crippen LogP contribution in [0.3, 0.4) is 0 Å². The highest BCUT2D eigenvalue weighted by Crippen LogP contribution is 2.24. The number of ether oxygens (including phenoxy) is 1. The molecule has 2 rings (SSSR count). The molecule has 1 atom stereocenters. The lowest BCUT2D eigenvalue weighted by Crippen LogP contribution is -2.13. The van der Waals surface area contributed by atoms with E-state index >= 15 is 0 Å². The van der Waals surface area contributed by atoms with Gasteiger partial charge in [0.1, 0.15) is 5.75 Å². The van der Waals surface area contributed by atoms with Gasteiger partial charge in [-0.05, 0) is 42.2 Å². The smallest absolute Gasteiger partial charge is 0.122 e. The van der Waals surface area contributed by atoms with Crippen LogP contribution in [0.2, 0.25) is 0 Å². The maximum atomic E-state index is 6.16. The van der Waals surface area contributed by atoms with E-state index in [1.807, 2.05) is 31.2 Å². The molecular formula is C14H17NO2. The van der Waals surface area contributed by atoms with Gasteiger partial charge in [0, 0.05) is 6.04 Å². The lowest BCUT2D eigenvalue weighted by molar-refractivity contribution is 0.410. The van der Waals surface area contributed by atoms with Gasteiger partial charge in [0.15, 0.2) is 0 Å². The lowest BCUT2D eigenvalue weighted by atomic mass is 10.00. The molecule has 0 aliphatic rings. The van der Waals surface area contributed by atoms with E-state index in [0.29, 0.717) is 0 Å². The minimum Gasteiger partial charge on any atom is -0.496 e. The second-order valence-electron chi connectivity index (χ2n) is 4.17. The lowest BCUT2D eigenvalue weighted by Gasteiger charge is -2.13.